The van der Waals surface area contributed by atoms with Gasteiger partial charge in [0.25, 0.3) is 0 Å². The molecule has 0 saturated carbocycles. The van der Waals surface area contributed by atoms with Crippen LogP contribution in [0.15, 0.2) is 36.4 Å². The summed E-state index contributed by atoms with van der Waals surface area (Å²) in [5.74, 6) is 0.908. The number of hydrogen-bond acceptors (Lipinski definition) is 3. The molecule has 0 heterocycles. The fourth-order valence-electron chi connectivity index (χ4n) is 2.19. The standard InChI is InChI=1S/C17H23NO2/c1-13(2)18-12-16-15-7-4-3-6-14(15)8-9-17(16)20-11-5-10-19/h3-4,6-9,13,18-19H,5,10-12H2,1-2H3. The van der Waals surface area contributed by atoms with Crippen molar-refractivity contribution in [1.29, 1.82) is 0 Å². The zero-order valence-corrected chi connectivity index (χ0v) is 12.2. The number of hydrogen-bond donors (Lipinski definition) is 2. The molecule has 0 unspecified atom stereocenters. The van der Waals surface area contributed by atoms with Crippen LogP contribution in [-0.4, -0.2) is 24.4 Å². The molecule has 0 bridgehead atoms. The van der Waals surface area contributed by atoms with Crippen molar-refractivity contribution in [2.24, 2.45) is 0 Å². The molecule has 0 aliphatic carbocycles. The summed E-state index contributed by atoms with van der Waals surface area (Å²) in [6.45, 7) is 5.76. The van der Waals surface area contributed by atoms with Crippen molar-refractivity contribution in [3.63, 3.8) is 0 Å². The molecule has 0 atom stereocenters. The largest absolute Gasteiger partial charge is 0.493 e. The average molecular weight is 273 g/mol. The van der Waals surface area contributed by atoms with E-state index in [0.717, 1.165) is 12.3 Å². The number of fused-ring (bicyclic) bond motifs is 1. The number of aliphatic hydroxyl groups is 1. The van der Waals surface area contributed by atoms with Gasteiger partial charge in [-0.05, 0) is 16.8 Å². The van der Waals surface area contributed by atoms with E-state index in [1.165, 1.54) is 16.3 Å². The number of nitrogens with one attached hydrogen (secondary N) is 1. The van der Waals surface area contributed by atoms with Crippen LogP contribution < -0.4 is 10.1 Å². The van der Waals surface area contributed by atoms with Gasteiger partial charge >= 0.3 is 0 Å². The second kappa shape index (κ2) is 7.27. The molecule has 0 amide bonds. The molecule has 0 aliphatic heterocycles. The van der Waals surface area contributed by atoms with Crippen molar-refractivity contribution in [2.45, 2.75) is 32.9 Å². The first kappa shape index (κ1) is 14.8. The van der Waals surface area contributed by atoms with E-state index in [2.05, 4.69) is 43.4 Å². The highest BCUT2D eigenvalue weighted by Crippen LogP contribution is 2.28. The normalized spacial score (nSPS) is 11.2. The lowest BCUT2D eigenvalue weighted by molar-refractivity contribution is 0.232. The molecule has 20 heavy (non-hydrogen) atoms. The predicted molar refractivity (Wildman–Crippen MR) is 83.1 cm³/mol. The maximum Gasteiger partial charge on any atom is 0.124 e. The molecule has 2 aromatic carbocycles. The second-order valence-corrected chi connectivity index (χ2v) is 5.22. The Labute approximate surface area is 120 Å². The SMILES string of the molecule is CC(C)NCc1c(OCCCO)ccc2ccccc12. The van der Waals surface area contributed by atoms with Crippen LogP contribution in [-0.2, 0) is 6.54 Å². The first-order valence-electron chi connectivity index (χ1n) is 7.20. The molecule has 0 radical (unpaired) electrons. The fraction of sp³-hybridized carbons (Fsp3) is 0.412. The Morgan fingerprint density at radius 1 is 1.15 bits per heavy atom. The van der Waals surface area contributed by atoms with E-state index < -0.39 is 0 Å². The van der Waals surface area contributed by atoms with Gasteiger partial charge in [-0.2, -0.15) is 0 Å². The third-order valence-corrected chi connectivity index (χ3v) is 3.24. The highest BCUT2D eigenvalue weighted by atomic mass is 16.5. The lowest BCUT2D eigenvalue weighted by Gasteiger charge is -2.16. The van der Waals surface area contributed by atoms with Crippen LogP contribution >= 0.6 is 0 Å². The van der Waals surface area contributed by atoms with E-state index in [1.807, 2.05) is 12.1 Å². The average Bonchev–Trinajstić information content (AvgIpc) is 2.45. The van der Waals surface area contributed by atoms with Gasteiger partial charge in [0.1, 0.15) is 5.75 Å². The molecular weight excluding hydrogens is 250 g/mol. The van der Waals surface area contributed by atoms with Gasteiger partial charge in [-0.3, -0.25) is 0 Å². The highest BCUT2D eigenvalue weighted by molar-refractivity contribution is 5.87. The second-order valence-electron chi connectivity index (χ2n) is 5.22. The molecule has 0 aromatic heterocycles. The Kier molecular flexibility index (Phi) is 5.39. The molecule has 108 valence electrons. The number of rotatable bonds is 7. The van der Waals surface area contributed by atoms with E-state index >= 15 is 0 Å². The maximum absolute atomic E-state index is 8.87. The molecule has 0 aliphatic rings. The Morgan fingerprint density at radius 3 is 2.70 bits per heavy atom. The van der Waals surface area contributed by atoms with Crippen molar-refractivity contribution in [2.75, 3.05) is 13.2 Å². The molecule has 0 saturated heterocycles. The number of ether oxygens (including phenoxy) is 1. The quantitative estimate of drug-likeness (QED) is 0.762. The Morgan fingerprint density at radius 2 is 1.95 bits per heavy atom. The molecule has 3 heteroatoms. The molecule has 2 N–H and O–H groups in total. The summed E-state index contributed by atoms with van der Waals surface area (Å²) in [5, 5.41) is 14.8. The zero-order chi connectivity index (χ0) is 14.4. The van der Waals surface area contributed by atoms with Crippen LogP contribution in [0.2, 0.25) is 0 Å². The van der Waals surface area contributed by atoms with Gasteiger partial charge in [-0.25, -0.2) is 0 Å². The van der Waals surface area contributed by atoms with Gasteiger partial charge in [0.15, 0.2) is 0 Å². The fourth-order valence-corrected chi connectivity index (χ4v) is 2.19. The maximum atomic E-state index is 8.87. The van der Waals surface area contributed by atoms with Gasteiger partial charge in [0.2, 0.25) is 0 Å². The Balaban J connectivity index is 2.31. The van der Waals surface area contributed by atoms with Crippen LogP contribution in [0.5, 0.6) is 5.75 Å². The van der Waals surface area contributed by atoms with E-state index in [9.17, 15) is 0 Å². The van der Waals surface area contributed by atoms with E-state index in [-0.39, 0.29) is 6.61 Å². The minimum Gasteiger partial charge on any atom is -0.493 e. The minimum absolute atomic E-state index is 0.160. The van der Waals surface area contributed by atoms with Crippen molar-refractivity contribution in [3.8, 4) is 5.75 Å². The molecular formula is C17H23NO2. The van der Waals surface area contributed by atoms with E-state index in [1.54, 1.807) is 0 Å². The monoisotopic (exact) mass is 273 g/mol. The van der Waals surface area contributed by atoms with Crippen LogP contribution in [0.4, 0.5) is 0 Å². The topological polar surface area (TPSA) is 41.5 Å². The Bertz CT molecular complexity index is 552. The van der Waals surface area contributed by atoms with Crippen molar-refractivity contribution in [3.05, 3.63) is 42.0 Å². The van der Waals surface area contributed by atoms with Gasteiger partial charge < -0.3 is 15.2 Å². The van der Waals surface area contributed by atoms with Crippen LogP contribution in [0.3, 0.4) is 0 Å². The summed E-state index contributed by atoms with van der Waals surface area (Å²) in [4.78, 5) is 0. The number of aliphatic hydroxyl groups excluding tert-OH is 1. The van der Waals surface area contributed by atoms with E-state index in [4.69, 9.17) is 9.84 Å². The summed E-state index contributed by atoms with van der Waals surface area (Å²) < 4.78 is 5.82. The number of benzene rings is 2. The van der Waals surface area contributed by atoms with Gasteiger partial charge in [0, 0.05) is 31.2 Å². The molecule has 2 aromatic rings. The smallest absolute Gasteiger partial charge is 0.124 e. The Hall–Kier alpha value is -1.58. The van der Waals surface area contributed by atoms with Crippen LogP contribution in [0.25, 0.3) is 10.8 Å². The zero-order valence-electron chi connectivity index (χ0n) is 12.2. The summed E-state index contributed by atoms with van der Waals surface area (Å²) in [5.41, 5.74) is 1.19. The summed E-state index contributed by atoms with van der Waals surface area (Å²) >= 11 is 0. The third-order valence-electron chi connectivity index (χ3n) is 3.24. The summed E-state index contributed by atoms with van der Waals surface area (Å²) in [6, 6.07) is 12.9. The van der Waals surface area contributed by atoms with Crippen LogP contribution in [0.1, 0.15) is 25.8 Å². The summed E-state index contributed by atoms with van der Waals surface area (Å²) in [6.07, 6.45) is 0.657. The summed E-state index contributed by atoms with van der Waals surface area (Å²) in [7, 11) is 0. The van der Waals surface area contributed by atoms with Crippen molar-refractivity contribution >= 4 is 10.8 Å². The van der Waals surface area contributed by atoms with Gasteiger partial charge in [-0.1, -0.05) is 44.2 Å². The van der Waals surface area contributed by atoms with Crippen molar-refractivity contribution in [1.82, 2.24) is 5.32 Å². The first-order valence-corrected chi connectivity index (χ1v) is 7.20. The van der Waals surface area contributed by atoms with Crippen molar-refractivity contribution < 1.29 is 9.84 Å². The molecule has 3 nitrogen and oxygen atoms in total. The van der Waals surface area contributed by atoms with Gasteiger partial charge in [0.05, 0.1) is 6.61 Å². The first-order chi connectivity index (χ1) is 9.72. The lowest BCUT2D eigenvalue weighted by atomic mass is 10.0. The lowest BCUT2D eigenvalue weighted by Crippen LogP contribution is -2.22. The van der Waals surface area contributed by atoms with Crippen LogP contribution in [0, 0.1) is 0 Å². The molecule has 0 spiro atoms. The van der Waals surface area contributed by atoms with Gasteiger partial charge in [-0.15, -0.1) is 0 Å². The molecule has 0 fully saturated rings. The predicted octanol–water partition coefficient (Wildman–Crippen LogP) is 3.10. The highest BCUT2D eigenvalue weighted by Gasteiger charge is 2.09. The third kappa shape index (κ3) is 3.71. The molecule has 2 rings (SSSR count). The van der Waals surface area contributed by atoms with E-state index in [0.29, 0.717) is 19.1 Å². The minimum atomic E-state index is 0.160.